The lowest BCUT2D eigenvalue weighted by molar-refractivity contribution is -0.136. The van der Waals surface area contributed by atoms with E-state index in [-0.39, 0.29) is 6.04 Å². The molecule has 2 fully saturated rings. The molecule has 0 radical (unpaired) electrons. The van der Waals surface area contributed by atoms with Crippen molar-refractivity contribution in [2.75, 3.05) is 32.7 Å². The third-order valence-corrected chi connectivity index (χ3v) is 5.64. The van der Waals surface area contributed by atoms with Crippen LogP contribution < -0.4 is 5.32 Å². The number of amides is 1. The van der Waals surface area contributed by atoms with Crippen molar-refractivity contribution in [2.24, 2.45) is 0 Å². The van der Waals surface area contributed by atoms with Gasteiger partial charge in [0.15, 0.2) is 0 Å². The molecule has 1 N–H and O–H groups in total. The van der Waals surface area contributed by atoms with Crippen molar-refractivity contribution in [2.45, 2.75) is 25.4 Å². The van der Waals surface area contributed by atoms with E-state index in [1.54, 1.807) is 11.3 Å². The molecule has 2 aliphatic heterocycles. The number of rotatable bonds is 3. The number of hydrogen-bond acceptors (Lipinski definition) is 4. The average molecular weight is 358 g/mol. The summed E-state index contributed by atoms with van der Waals surface area (Å²) in [5, 5.41) is 5.48. The van der Waals surface area contributed by atoms with Gasteiger partial charge in [-0.15, -0.1) is 11.3 Å². The molecule has 3 heterocycles. The number of thiophene rings is 1. The number of hydrogen-bond donors (Lipinski definition) is 1. The molecule has 0 aromatic carbocycles. The third kappa shape index (κ3) is 3.24. The lowest BCUT2D eigenvalue weighted by Gasteiger charge is -2.32. The Labute approximate surface area is 132 Å². The Balaban J connectivity index is 1.63. The molecular weight excluding hydrogens is 338 g/mol. The summed E-state index contributed by atoms with van der Waals surface area (Å²) in [6.07, 6.45) is 2.14. The molecule has 1 amide bonds. The highest BCUT2D eigenvalue weighted by atomic mass is 79.9. The van der Waals surface area contributed by atoms with Gasteiger partial charge in [-0.3, -0.25) is 9.69 Å². The van der Waals surface area contributed by atoms with Gasteiger partial charge in [0.1, 0.15) is 0 Å². The molecule has 1 aromatic heterocycles. The Morgan fingerprint density at radius 2 is 2.20 bits per heavy atom. The molecule has 0 aliphatic carbocycles. The van der Waals surface area contributed by atoms with E-state index in [1.165, 1.54) is 5.56 Å². The molecule has 3 rings (SSSR count). The van der Waals surface area contributed by atoms with Crippen LogP contribution in [0.5, 0.6) is 0 Å². The van der Waals surface area contributed by atoms with Crippen molar-refractivity contribution >= 4 is 33.2 Å². The van der Waals surface area contributed by atoms with E-state index in [0.29, 0.717) is 5.91 Å². The van der Waals surface area contributed by atoms with Crippen LogP contribution >= 0.6 is 27.3 Å². The second-order valence-electron chi connectivity index (χ2n) is 5.46. The molecule has 20 heavy (non-hydrogen) atoms. The maximum absolute atomic E-state index is 12.7. The standard InChI is InChI=1S/C14H20BrN3OS/c15-13-8-11(10-20-13)9-18-5-1-2-12(18)14(19)17-6-3-16-4-7-17/h8,10,12,16H,1-7,9H2. The maximum atomic E-state index is 12.7. The first-order valence-corrected chi connectivity index (χ1v) is 8.88. The molecule has 1 unspecified atom stereocenters. The number of nitrogens with one attached hydrogen (secondary N) is 1. The third-order valence-electron chi connectivity index (χ3n) is 4.08. The Kier molecular flexibility index (Phi) is 4.75. The summed E-state index contributed by atoms with van der Waals surface area (Å²) in [4.78, 5) is 17.0. The lowest BCUT2D eigenvalue weighted by atomic mass is 10.1. The van der Waals surface area contributed by atoms with E-state index in [9.17, 15) is 4.79 Å². The van der Waals surface area contributed by atoms with Crippen LogP contribution in [-0.2, 0) is 11.3 Å². The van der Waals surface area contributed by atoms with Crippen molar-refractivity contribution in [3.05, 3.63) is 20.8 Å². The van der Waals surface area contributed by atoms with E-state index in [4.69, 9.17) is 0 Å². The van der Waals surface area contributed by atoms with E-state index in [1.807, 2.05) is 4.90 Å². The summed E-state index contributed by atoms with van der Waals surface area (Å²) in [5.41, 5.74) is 1.31. The molecule has 110 valence electrons. The van der Waals surface area contributed by atoms with Crippen molar-refractivity contribution in [1.82, 2.24) is 15.1 Å². The predicted molar refractivity (Wildman–Crippen MR) is 84.9 cm³/mol. The summed E-state index contributed by atoms with van der Waals surface area (Å²) < 4.78 is 1.16. The van der Waals surface area contributed by atoms with Crippen LogP contribution in [0.3, 0.4) is 0 Å². The van der Waals surface area contributed by atoms with Gasteiger partial charge in [-0.25, -0.2) is 0 Å². The Bertz CT molecular complexity index is 473. The summed E-state index contributed by atoms with van der Waals surface area (Å²) in [6, 6.07) is 2.25. The topological polar surface area (TPSA) is 35.6 Å². The van der Waals surface area contributed by atoms with Gasteiger partial charge in [0.05, 0.1) is 9.83 Å². The first-order chi connectivity index (χ1) is 9.74. The fourth-order valence-corrected chi connectivity index (χ4v) is 4.25. The van der Waals surface area contributed by atoms with Crippen LogP contribution in [0.15, 0.2) is 15.2 Å². The fourth-order valence-electron chi connectivity index (χ4n) is 3.05. The van der Waals surface area contributed by atoms with Crippen molar-refractivity contribution < 1.29 is 4.79 Å². The molecule has 2 aliphatic rings. The molecule has 0 bridgehead atoms. The number of piperazine rings is 1. The van der Waals surface area contributed by atoms with Gasteiger partial charge in [0.2, 0.25) is 5.91 Å². The van der Waals surface area contributed by atoms with Crippen LogP contribution in [0, 0.1) is 0 Å². The minimum atomic E-state index is 0.0896. The normalized spacial score (nSPS) is 24.2. The van der Waals surface area contributed by atoms with Crippen molar-refractivity contribution in [3.8, 4) is 0 Å². The maximum Gasteiger partial charge on any atom is 0.240 e. The molecule has 4 nitrogen and oxygen atoms in total. The zero-order valence-electron chi connectivity index (χ0n) is 11.5. The molecule has 1 aromatic rings. The predicted octanol–water partition coefficient (Wildman–Crippen LogP) is 1.91. The number of likely N-dealkylation sites (tertiary alicyclic amines) is 1. The van der Waals surface area contributed by atoms with Crippen LogP contribution in [0.25, 0.3) is 0 Å². The highest BCUT2D eigenvalue weighted by Gasteiger charge is 2.33. The minimum absolute atomic E-state index is 0.0896. The van der Waals surface area contributed by atoms with Crippen LogP contribution in [0.1, 0.15) is 18.4 Å². The second-order valence-corrected chi connectivity index (χ2v) is 7.75. The van der Waals surface area contributed by atoms with Gasteiger partial charge in [0.25, 0.3) is 0 Å². The number of nitrogens with zero attached hydrogens (tertiary/aromatic N) is 2. The number of carbonyl (C=O) groups is 1. The zero-order chi connectivity index (χ0) is 13.9. The van der Waals surface area contributed by atoms with Crippen molar-refractivity contribution in [3.63, 3.8) is 0 Å². The van der Waals surface area contributed by atoms with E-state index in [0.717, 1.165) is 55.9 Å². The fraction of sp³-hybridized carbons (Fsp3) is 0.643. The van der Waals surface area contributed by atoms with E-state index < -0.39 is 0 Å². The molecule has 2 saturated heterocycles. The van der Waals surface area contributed by atoms with Gasteiger partial charge in [0, 0.05) is 32.7 Å². The van der Waals surface area contributed by atoms with Gasteiger partial charge in [-0.05, 0) is 52.3 Å². The largest absolute Gasteiger partial charge is 0.339 e. The lowest BCUT2D eigenvalue weighted by Crippen LogP contribution is -2.52. The molecular formula is C14H20BrN3OS. The minimum Gasteiger partial charge on any atom is -0.339 e. The second kappa shape index (κ2) is 6.56. The first-order valence-electron chi connectivity index (χ1n) is 7.20. The van der Waals surface area contributed by atoms with Gasteiger partial charge >= 0.3 is 0 Å². The van der Waals surface area contributed by atoms with Gasteiger partial charge in [-0.2, -0.15) is 0 Å². The van der Waals surface area contributed by atoms with Crippen LogP contribution in [-0.4, -0.2) is 54.5 Å². The number of halogens is 1. The Morgan fingerprint density at radius 3 is 2.90 bits per heavy atom. The summed E-state index contributed by atoms with van der Waals surface area (Å²) in [6.45, 7) is 5.49. The highest BCUT2D eigenvalue weighted by Crippen LogP contribution is 2.26. The molecule has 1 atom stereocenters. The van der Waals surface area contributed by atoms with Gasteiger partial charge < -0.3 is 10.2 Å². The number of carbonyl (C=O) groups excluding carboxylic acids is 1. The quantitative estimate of drug-likeness (QED) is 0.897. The molecule has 6 heteroatoms. The molecule has 0 spiro atoms. The van der Waals surface area contributed by atoms with Gasteiger partial charge in [-0.1, -0.05) is 0 Å². The Morgan fingerprint density at radius 1 is 1.40 bits per heavy atom. The summed E-state index contributed by atoms with van der Waals surface area (Å²) in [7, 11) is 0. The monoisotopic (exact) mass is 357 g/mol. The highest BCUT2D eigenvalue weighted by molar-refractivity contribution is 9.11. The Hall–Kier alpha value is -0.430. The van der Waals surface area contributed by atoms with E-state index >= 15 is 0 Å². The van der Waals surface area contributed by atoms with Crippen LogP contribution in [0.4, 0.5) is 0 Å². The van der Waals surface area contributed by atoms with Crippen molar-refractivity contribution in [1.29, 1.82) is 0 Å². The SMILES string of the molecule is O=C(C1CCCN1Cc1csc(Br)c1)N1CCNCC1. The smallest absolute Gasteiger partial charge is 0.240 e. The average Bonchev–Trinajstić information content (AvgIpc) is 3.09. The van der Waals surface area contributed by atoms with E-state index in [2.05, 4.69) is 37.6 Å². The zero-order valence-corrected chi connectivity index (χ0v) is 13.9. The molecule has 0 saturated carbocycles. The summed E-state index contributed by atoms with van der Waals surface area (Å²) in [5.74, 6) is 0.332. The first kappa shape index (κ1) is 14.5. The summed E-state index contributed by atoms with van der Waals surface area (Å²) >= 11 is 5.22. The van der Waals surface area contributed by atoms with Crippen LogP contribution in [0.2, 0.25) is 0 Å².